The number of sulfonamides is 1. The maximum absolute atomic E-state index is 12.2. The van der Waals surface area contributed by atoms with E-state index in [2.05, 4.69) is 10.0 Å². The van der Waals surface area contributed by atoms with Gasteiger partial charge in [0.25, 0.3) is 10.0 Å². The molecule has 0 spiro atoms. The van der Waals surface area contributed by atoms with Crippen LogP contribution in [0.5, 0.6) is 0 Å². The highest BCUT2D eigenvalue weighted by Gasteiger charge is 2.20. The minimum atomic E-state index is -3.82. The molecule has 1 aliphatic carbocycles. The maximum Gasteiger partial charge on any atom is 0.328 e. The van der Waals surface area contributed by atoms with Gasteiger partial charge in [-0.05, 0) is 49.9 Å². The molecule has 0 aliphatic heterocycles. The van der Waals surface area contributed by atoms with Gasteiger partial charge in [-0.3, -0.25) is 0 Å². The number of rotatable bonds is 3. The van der Waals surface area contributed by atoms with E-state index < -0.39 is 16.1 Å². The molecular formula is C16H24N2O3S. The molecule has 1 saturated carbocycles. The minimum Gasteiger partial charge on any atom is -0.335 e. The summed E-state index contributed by atoms with van der Waals surface area (Å²) in [5.41, 5.74) is 1.90. The standard InChI is InChI=1S/C16H24N2O3S/c1-12-9-10-15(11-13(12)2)22(20,21)18-16(19)17-14-7-5-3-4-6-8-14/h9-11,14H,3-8H2,1-2H3,(H2,17,18,19). The number of carbonyl (C=O) groups is 1. The van der Waals surface area contributed by atoms with E-state index in [1.54, 1.807) is 12.1 Å². The number of carbonyl (C=O) groups excluding carboxylic acids is 1. The minimum absolute atomic E-state index is 0.0671. The molecule has 122 valence electrons. The van der Waals surface area contributed by atoms with Crippen molar-refractivity contribution in [3.8, 4) is 0 Å². The van der Waals surface area contributed by atoms with Crippen LogP contribution in [-0.2, 0) is 10.0 Å². The van der Waals surface area contributed by atoms with E-state index in [1.165, 1.54) is 18.9 Å². The summed E-state index contributed by atoms with van der Waals surface area (Å²) in [7, 11) is -3.82. The Bertz CT molecular complexity index is 633. The van der Waals surface area contributed by atoms with Gasteiger partial charge in [0.05, 0.1) is 4.90 Å². The second kappa shape index (κ2) is 7.13. The lowest BCUT2D eigenvalue weighted by Crippen LogP contribution is -2.44. The van der Waals surface area contributed by atoms with E-state index >= 15 is 0 Å². The Labute approximate surface area is 132 Å². The van der Waals surface area contributed by atoms with E-state index in [4.69, 9.17) is 0 Å². The zero-order chi connectivity index (χ0) is 16.2. The lowest BCUT2D eigenvalue weighted by Gasteiger charge is -2.17. The topological polar surface area (TPSA) is 75.3 Å². The Kier molecular flexibility index (Phi) is 5.45. The van der Waals surface area contributed by atoms with Crippen LogP contribution in [0, 0.1) is 13.8 Å². The van der Waals surface area contributed by atoms with Gasteiger partial charge in [-0.15, -0.1) is 0 Å². The highest BCUT2D eigenvalue weighted by Crippen LogP contribution is 2.17. The van der Waals surface area contributed by atoms with Gasteiger partial charge in [0.2, 0.25) is 0 Å². The van der Waals surface area contributed by atoms with Crippen molar-refractivity contribution in [1.29, 1.82) is 0 Å². The molecule has 0 bridgehead atoms. The summed E-state index contributed by atoms with van der Waals surface area (Å²) in [6.45, 7) is 3.76. The molecule has 0 atom stereocenters. The van der Waals surface area contributed by atoms with Crippen LogP contribution in [0.1, 0.15) is 49.7 Å². The monoisotopic (exact) mass is 324 g/mol. The Morgan fingerprint density at radius 3 is 2.27 bits per heavy atom. The number of hydrogen-bond acceptors (Lipinski definition) is 3. The molecule has 0 heterocycles. The lowest BCUT2D eigenvalue weighted by atomic mass is 10.1. The first kappa shape index (κ1) is 16.8. The van der Waals surface area contributed by atoms with E-state index in [-0.39, 0.29) is 10.9 Å². The Balaban J connectivity index is 2.01. The Morgan fingerprint density at radius 1 is 1.05 bits per heavy atom. The summed E-state index contributed by atoms with van der Waals surface area (Å²) >= 11 is 0. The summed E-state index contributed by atoms with van der Waals surface area (Å²) in [6.07, 6.45) is 6.35. The van der Waals surface area contributed by atoms with Crippen molar-refractivity contribution in [3.05, 3.63) is 29.3 Å². The van der Waals surface area contributed by atoms with Gasteiger partial charge in [-0.25, -0.2) is 17.9 Å². The van der Waals surface area contributed by atoms with Crippen LogP contribution in [0.15, 0.2) is 23.1 Å². The van der Waals surface area contributed by atoms with Crippen molar-refractivity contribution in [2.75, 3.05) is 0 Å². The second-order valence-electron chi connectivity index (χ2n) is 6.01. The summed E-state index contributed by atoms with van der Waals surface area (Å²) in [4.78, 5) is 12.1. The third-order valence-corrected chi connectivity index (χ3v) is 5.53. The van der Waals surface area contributed by atoms with Gasteiger partial charge < -0.3 is 5.32 Å². The average Bonchev–Trinajstić information content (AvgIpc) is 2.69. The number of aryl methyl sites for hydroxylation is 2. The fraction of sp³-hybridized carbons (Fsp3) is 0.562. The van der Waals surface area contributed by atoms with Crippen molar-refractivity contribution in [3.63, 3.8) is 0 Å². The number of nitrogens with one attached hydrogen (secondary N) is 2. The molecule has 6 heteroatoms. The van der Waals surface area contributed by atoms with Crippen LogP contribution in [-0.4, -0.2) is 20.5 Å². The van der Waals surface area contributed by atoms with E-state index in [1.807, 2.05) is 13.8 Å². The quantitative estimate of drug-likeness (QED) is 0.839. The molecule has 0 saturated heterocycles. The molecule has 5 nitrogen and oxygen atoms in total. The molecular weight excluding hydrogens is 300 g/mol. The van der Waals surface area contributed by atoms with Crippen molar-refractivity contribution in [1.82, 2.24) is 10.0 Å². The van der Waals surface area contributed by atoms with Crippen molar-refractivity contribution in [2.24, 2.45) is 0 Å². The highest BCUT2D eigenvalue weighted by molar-refractivity contribution is 7.90. The first-order valence-electron chi connectivity index (χ1n) is 7.79. The lowest BCUT2D eigenvalue weighted by molar-refractivity contribution is 0.240. The summed E-state index contributed by atoms with van der Waals surface area (Å²) < 4.78 is 26.6. The zero-order valence-corrected chi connectivity index (χ0v) is 14.0. The van der Waals surface area contributed by atoms with Crippen molar-refractivity contribution >= 4 is 16.1 Å². The predicted molar refractivity (Wildman–Crippen MR) is 86.3 cm³/mol. The molecule has 2 rings (SSSR count). The summed E-state index contributed by atoms with van der Waals surface area (Å²) in [5, 5.41) is 2.78. The number of benzene rings is 1. The first-order chi connectivity index (χ1) is 10.4. The highest BCUT2D eigenvalue weighted by atomic mass is 32.2. The molecule has 1 aliphatic rings. The largest absolute Gasteiger partial charge is 0.335 e. The van der Waals surface area contributed by atoms with Gasteiger partial charge >= 0.3 is 6.03 Å². The van der Waals surface area contributed by atoms with Crippen molar-refractivity contribution < 1.29 is 13.2 Å². The second-order valence-corrected chi connectivity index (χ2v) is 7.70. The molecule has 0 aromatic heterocycles. The molecule has 22 heavy (non-hydrogen) atoms. The van der Waals surface area contributed by atoms with Gasteiger partial charge in [0.15, 0.2) is 0 Å². The van der Waals surface area contributed by atoms with E-state index in [0.29, 0.717) is 0 Å². The molecule has 1 aromatic rings. The van der Waals surface area contributed by atoms with Gasteiger partial charge in [-0.2, -0.15) is 0 Å². The van der Waals surface area contributed by atoms with Gasteiger partial charge in [0.1, 0.15) is 0 Å². The van der Waals surface area contributed by atoms with Crippen molar-refractivity contribution in [2.45, 2.75) is 63.3 Å². The summed E-state index contributed by atoms with van der Waals surface area (Å²) in [5.74, 6) is 0. The van der Waals surface area contributed by atoms with Crippen LogP contribution < -0.4 is 10.0 Å². The molecule has 0 radical (unpaired) electrons. The number of hydrogen-bond donors (Lipinski definition) is 2. The van der Waals surface area contributed by atoms with Crippen LogP contribution in [0.4, 0.5) is 4.79 Å². The van der Waals surface area contributed by atoms with Gasteiger partial charge in [0, 0.05) is 6.04 Å². The zero-order valence-electron chi connectivity index (χ0n) is 13.2. The summed E-state index contributed by atoms with van der Waals surface area (Å²) in [6, 6.07) is 4.27. The number of urea groups is 1. The fourth-order valence-electron chi connectivity index (χ4n) is 2.70. The first-order valence-corrected chi connectivity index (χ1v) is 9.27. The molecule has 0 unspecified atom stereocenters. The third-order valence-electron chi connectivity index (χ3n) is 4.21. The van der Waals surface area contributed by atoms with Crippen LogP contribution in [0.2, 0.25) is 0 Å². The van der Waals surface area contributed by atoms with Crippen LogP contribution in [0.25, 0.3) is 0 Å². The molecule has 1 fully saturated rings. The Hall–Kier alpha value is -1.56. The fourth-order valence-corrected chi connectivity index (χ4v) is 3.70. The van der Waals surface area contributed by atoms with E-state index in [0.717, 1.165) is 36.8 Å². The average molecular weight is 324 g/mol. The molecule has 1 aromatic carbocycles. The van der Waals surface area contributed by atoms with Crippen LogP contribution >= 0.6 is 0 Å². The predicted octanol–water partition coefficient (Wildman–Crippen LogP) is 3.01. The number of amides is 2. The third kappa shape index (κ3) is 4.47. The molecule has 2 amide bonds. The normalized spacial score (nSPS) is 16.8. The smallest absolute Gasteiger partial charge is 0.328 e. The van der Waals surface area contributed by atoms with Crippen LogP contribution in [0.3, 0.4) is 0 Å². The van der Waals surface area contributed by atoms with Gasteiger partial charge in [-0.1, -0.05) is 31.7 Å². The molecule has 2 N–H and O–H groups in total. The Morgan fingerprint density at radius 2 is 1.68 bits per heavy atom. The maximum atomic E-state index is 12.2. The van der Waals surface area contributed by atoms with E-state index in [9.17, 15) is 13.2 Å². The SMILES string of the molecule is Cc1ccc(S(=O)(=O)NC(=O)NC2CCCCCC2)cc1C.